The van der Waals surface area contributed by atoms with Crippen molar-refractivity contribution in [3.8, 4) is 0 Å². The molecule has 0 spiro atoms. The van der Waals surface area contributed by atoms with Gasteiger partial charge in [0, 0.05) is 11.4 Å². The molecule has 1 unspecified atom stereocenters. The van der Waals surface area contributed by atoms with Gasteiger partial charge in [0.25, 0.3) is 0 Å². The van der Waals surface area contributed by atoms with Crippen LogP contribution in [-0.2, 0) is 23.1 Å². The second kappa shape index (κ2) is 6.19. The van der Waals surface area contributed by atoms with E-state index >= 15 is 0 Å². The van der Waals surface area contributed by atoms with Crippen molar-refractivity contribution >= 4 is 10.8 Å². The first-order chi connectivity index (χ1) is 9.51. The van der Waals surface area contributed by atoms with E-state index in [1.54, 1.807) is 0 Å². The summed E-state index contributed by atoms with van der Waals surface area (Å²) in [5.41, 5.74) is 6.67. The third-order valence-corrected chi connectivity index (χ3v) is 4.18. The van der Waals surface area contributed by atoms with Gasteiger partial charge in [-0.25, -0.2) is 13.2 Å². The van der Waals surface area contributed by atoms with E-state index in [4.69, 9.17) is 5.73 Å². The molecule has 2 nitrogen and oxygen atoms in total. The monoisotopic (exact) mass is 299 g/mol. The highest BCUT2D eigenvalue weighted by Gasteiger charge is 2.11. The van der Waals surface area contributed by atoms with Crippen LogP contribution in [0.3, 0.4) is 0 Å². The minimum Gasteiger partial charge on any atom is -0.326 e. The number of hydrogen-bond acceptors (Lipinski definition) is 2. The van der Waals surface area contributed by atoms with Gasteiger partial charge >= 0.3 is 0 Å². The third-order valence-electron chi connectivity index (χ3n) is 2.83. The summed E-state index contributed by atoms with van der Waals surface area (Å²) in [5, 5.41) is 0. The summed E-state index contributed by atoms with van der Waals surface area (Å²) in [5.74, 6) is -2.39. The van der Waals surface area contributed by atoms with Gasteiger partial charge in [-0.2, -0.15) is 0 Å². The van der Waals surface area contributed by atoms with E-state index in [-0.39, 0.29) is 17.2 Å². The first-order valence-corrected chi connectivity index (χ1v) is 7.14. The van der Waals surface area contributed by atoms with Crippen molar-refractivity contribution in [2.75, 3.05) is 0 Å². The maximum atomic E-state index is 13.1. The molecule has 0 aliphatic carbocycles. The largest absolute Gasteiger partial charge is 0.326 e. The normalized spacial score (nSPS) is 12.4. The predicted molar refractivity (Wildman–Crippen MR) is 70.8 cm³/mol. The van der Waals surface area contributed by atoms with Crippen LogP contribution in [0.1, 0.15) is 11.1 Å². The topological polar surface area (TPSA) is 43.1 Å². The molecular formula is C14H12F3NOS. The van der Waals surface area contributed by atoms with E-state index in [2.05, 4.69) is 0 Å². The zero-order valence-electron chi connectivity index (χ0n) is 10.4. The summed E-state index contributed by atoms with van der Waals surface area (Å²) < 4.78 is 51.1. The zero-order valence-corrected chi connectivity index (χ0v) is 11.2. The summed E-state index contributed by atoms with van der Waals surface area (Å²) in [6, 6.07) is 7.11. The maximum absolute atomic E-state index is 13.1. The average Bonchev–Trinajstić information content (AvgIpc) is 2.43. The van der Waals surface area contributed by atoms with Crippen LogP contribution in [0, 0.1) is 17.5 Å². The Balaban J connectivity index is 2.25. The van der Waals surface area contributed by atoms with E-state index in [0.717, 1.165) is 12.1 Å². The molecule has 0 aliphatic heterocycles. The number of benzene rings is 2. The molecule has 2 aromatic rings. The van der Waals surface area contributed by atoms with Crippen LogP contribution >= 0.6 is 0 Å². The Bertz CT molecular complexity index is 661. The Hall–Kier alpha value is -1.66. The Labute approximate surface area is 116 Å². The van der Waals surface area contributed by atoms with Gasteiger partial charge in [-0.05, 0) is 41.5 Å². The Morgan fingerprint density at radius 1 is 0.950 bits per heavy atom. The van der Waals surface area contributed by atoms with Crippen molar-refractivity contribution in [3.63, 3.8) is 0 Å². The molecule has 1 atom stereocenters. The number of nitrogens with two attached hydrogens (primary N) is 1. The summed E-state index contributed by atoms with van der Waals surface area (Å²) in [7, 11) is -1.56. The molecule has 20 heavy (non-hydrogen) atoms. The summed E-state index contributed by atoms with van der Waals surface area (Å²) in [6.07, 6.45) is 0. The molecule has 2 rings (SSSR count). The minimum atomic E-state index is -1.56. The van der Waals surface area contributed by atoms with E-state index in [1.165, 1.54) is 24.3 Å². The molecular weight excluding hydrogens is 287 g/mol. The van der Waals surface area contributed by atoms with Gasteiger partial charge in [0.2, 0.25) is 0 Å². The van der Waals surface area contributed by atoms with E-state index in [0.29, 0.717) is 11.1 Å². The SMILES string of the molecule is NCc1cc(F)ccc1CS(=O)c1ccc(F)c(F)c1. The fourth-order valence-corrected chi connectivity index (χ4v) is 2.95. The number of hydrogen-bond donors (Lipinski definition) is 1. The lowest BCUT2D eigenvalue weighted by atomic mass is 10.1. The van der Waals surface area contributed by atoms with Gasteiger partial charge in [-0.1, -0.05) is 6.07 Å². The van der Waals surface area contributed by atoms with Crippen LogP contribution in [0.5, 0.6) is 0 Å². The van der Waals surface area contributed by atoms with Crippen molar-refractivity contribution in [1.29, 1.82) is 0 Å². The molecule has 0 heterocycles. The molecule has 0 saturated heterocycles. The third kappa shape index (κ3) is 3.26. The lowest BCUT2D eigenvalue weighted by Gasteiger charge is -2.08. The standard InChI is InChI=1S/C14H12F3NOS/c15-11-2-1-9(10(5-11)7-18)8-20(19)12-3-4-13(16)14(17)6-12/h1-6H,7-8,18H2. The van der Waals surface area contributed by atoms with Gasteiger partial charge in [0.05, 0.1) is 16.6 Å². The van der Waals surface area contributed by atoms with Gasteiger partial charge in [0.15, 0.2) is 11.6 Å². The van der Waals surface area contributed by atoms with Crippen LogP contribution in [0.15, 0.2) is 41.3 Å². The molecule has 106 valence electrons. The lowest BCUT2D eigenvalue weighted by Crippen LogP contribution is -2.05. The van der Waals surface area contributed by atoms with E-state index < -0.39 is 28.3 Å². The molecule has 2 aromatic carbocycles. The van der Waals surface area contributed by atoms with Gasteiger partial charge in [0.1, 0.15) is 5.82 Å². The van der Waals surface area contributed by atoms with E-state index in [1.807, 2.05) is 0 Å². The zero-order chi connectivity index (χ0) is 14.7. The highest BCUT2D eigenvalue weighted by Crippen LogP contribution is 2.18. The van der Waals surface area contributed by atoms with Gasteiger partial charge in [-0.15, -0.1) is 0 Å². The van der Waals surface area contributed by atoms with E-state index in [9.17, 15) is 17.4 Å². The Morgan fingerprint density at radius 2 is 1.70 bits per heavy atom. The quantitative estimate of drug-likeness (QED) is 0.943. The van der Waals surface area contributed by atoms with Crippen LogP contribution in [0.25, 0.3) is 0 Å². The summed E-state index contributed by atoms with van der Waals surface area (Å²) >= 11 is 0. The molecule has 0 fully saturated rings. The summed E-state index contributed by atoms with van der Waals surface area (Å²) in [4.78, 5) is 0.177. The predicted octanol–water partition coefficient (Wildman–Crippen LogP) is 2.87. The Morgan fingerprint density at radius 3 is 2.35 bits per heavy atom. The molecule has 2 N–H and O–H groups in total. The van der Waals surface area contributed by atoms with Crippen LogP contribution in [0.4, 0.5) is 13.2 Å². The fraction of sp³-hybridized carbons (Fsp3) is 0.143. The lowest BCUT2D eigenvalue weighted by molar-refractivity contribution is 0.505. The van der Waals surface area contributed by atoms with Crippen molar-refractivity contribution in [3.05, 3.63) is 65.0 Å². The highest BCUT2D eigenvalue weighted by atomic mass is 32.2. The van der Waals surface area contributed by atoms with Crippen molar-refractivity contribution in [1.82, 2.24) is 0 Å². The minimum absolute atomic E-state index is 0.0673. The maximum Gasteiger partial charge on any atom is 0.160 e. The molecule has 0 bridgehead atoms. The first-order valence-electron chi connectivity index (χ1n) is 5.82. The van der Waals surface area contributed by atoms with Gasteiger partial charge < -0.3 is 5.73 Å². The van der Waals surface area contributed by atoms with Crippen LogP contribution < -0.4 is 5.73 Å². The summed E-state index contributed by atoms with van der Waals surface area (Å²) in [6.45, 7) is 0.113. The second-order valence-corrected chi connectivity index (χ2v) is 5.63. The molecule has 0 aromatic heterocycles. The second-order valence-electron chi connectivity index (χ2n) is 4.18. The molecule has 0 radical (unpaired) electrons. The number of rotatable bonds is 4. The smallest absolute Gasteiger partial charge is 0.160 e. The van der Waals surface area contributed by atoms with Crippen molar-refractivity contribution in [2.24, 2.45) is 5.73 Å². The molecule has 0 saturated carbocycles. The first kappa shape index (κ1) is 14.7. The number of halogens is 3. The Kier molecular flexibility index (Phi) is 4.57. The molecule has 0 amide bonds. The highest BCUT2D eigenvalue weighted by molar-refractivity contribution is 7.84. The molecule has 0 aliphatic rings. The van der Waals surface area contributed by atoms with Crippen molar-refractivity contribution < 1.29 is 17.4 Å². The van der Waals surface area contributed by atoms with Gasteiger partial charge in [-0.3, -0.25) is 4.21 Å². The van der Waals surface area contributed by atoms with Crippen LogP contribution in [-0.4, -0.2) is 4.21 Å². The molecule has 6 heteroatoms. The van der Waals surface area contributed by atoms with Crippen LogP contribution in [0.2, 0.25) is 0 Å². The average molecular weight is 299 g/mol. The fourth-order valence-electron chi connectivity index (χ4n) is 1.77. The van der Waals surface area contributed by atoms with Crippen molar-refractivity contribution in [2.45, 2.75) is 17.2 Å².